The second kappa shape index (κ2) is 8.47. The molecule has 7 nitrogen and oxygen atoms in total. The molecular weight excluding hydrogens is 322 g/mol. The topological polar surface area (TPSA) is 82.6 Å². The zero-order chi connectivity index (χ0) is 17.6. The lowest BCUT2D eigenvalue weighted by Gasteiger charge is -2.30. The molecule has 1 saturated heterocycles. The van der Waals surface area contributed by atoms with Crippen molar-refractivity contribution in [3.8, 4) is 11.8 Å². The van der Waals surface area contributed by atoms with Gasteiger partial charge in [0.2, 0.25) is 17.7 Å². The summed E-state index contributed by atoms with van der Waals surface area (Å²) in [5.74, 6) is 1.50. The van der Waals surface area contributed by atoms with E-state index in [1.54, 1.807) is 20.3 Å². The lowest BCUT2D eigenvalue weighted by molar-refractivity contribution is -0.127. The highest BCUT2D eigenvalue weighted by atomic mass is 16.5. The molecule has 1 saturated carbocycles. The number of nitrogens with one attached hydrogen (secondary N) is 1. The van der Waals surface area contributed by atoms with Crippen molar-refractivity contribution >= 4 is 5.91 Å². The van der Waals surface area contributed by atoms with Gasteiger partial charge in [0.05, 0.1) is 26.4 Å². The normalized spacial score (nSPS) is 26.2. The maximum absolute atomic E-state index is 12.8. The first kappa shape index (κ1) is 17.9. The molecule has 1 amide bonds. The van der Waals surface area contributed by atoms with Crippen LogP contribution in [0.3, 0.4) is 0 Å². The number of rotatable bonds is 6. The minimum absolute atomic E-state index is 0.0118. The fraction of sp³-hybridized carbons (Fsp3) is 0.722. The van der Waals surface area contributed by atoms with Gasteiger partial charge in [-0.1, -0.05) is 12.8 Å². The van der Waals surface area contributed by atoms with Gasteiger partial charge in [0.15, 0.2) is 0 Å². The Bertz CT molecular complexity index is 567. The minimum Gasteiger partial charge on any atom is -0.481 e. The van der Waals surface area contributed by atoms with Crippen LogP contribution in [0.25, 0.3) is 0 Å². The van der Waals surface area contributed by atoms with E-state index in [9.17, 15) is 4.79 Å². The van der Waals surface area contributed by atoms with Crippen LogP contribution in [0.15, 0.2) is 6.07 Å². The van der Waals surface area contributed by atoms with E-state index in [0.717, 1.165) is 45.1 Å². The summed E-state index contributed by atoms with van der Waals surface area (Å²) in [7, 11) is 3.14. The average molecular weight is 349 g/mol. The number of nitrogens with zero attached hydrogens (tertiary/aromatic N) is 2. The number of amides is 1. The molecule has 1 N–H and O–H groups in total. The summed E-state index contributed by atoms with van der Waals surface area (Å²) in [5, 5.41) is 3.07. The van der Waals surface area contributed by atoms with Crippen molar-refractivity contribution in [2.24, 2.45) is 5.92 Å². The maximum atomic E-state index is 12.8. The average Bonchev–Trinajstić information content (AvgIpc) is 3.19. The van der Waals surface area contributed by atoms with E-state index in [0.29, 0.717) is 24.1 Å². The summed E-state index contributed by atoms with van der Waals surface area (Å²) in [6.45, 7) is 1.38. The van der Waals surface area contributed by atoms with E-state index in [-0.39, 0.29) is 23.8 Å². The van der Waals surface area contributed by atoms with Gasteiger partial charge in [0.25, 0.3) is 0 Å². The molecule has 2 heterocycles. The zero-order valence-corrected chi connectivity index (χ0v) is 15.0. The van der Waals surface area contributed by atoms with Crippen LogP contribution in [-0.2, 0) is 9.53 Å². The summed E-state index contributed by atoms with van der Waals surface area (Å²) >= 11 is 0. The molecular formula is C18H27N3O4. The Hall–Kier alpha value is -1.89. The first-order valence-corrected chi connectivity index (χ1v) is 9.07. The highest BCUT2D eigenvalue weighted by Crippen LogP contribution is 2.37. The van der Waals surface area contributed by atoms with Crippen molar-refractivity contribution < 1.29 is 19.0 Å². The Balaban J connectivity index is 1.72. The number of methoxy groups -OCH3 is 2. The molecule has 25 heavy (non-hydrogen) atoms. The SMILES string of the molecule is COc1cc(OC)nc([C@@H]2CCCC[C@@H]2C(=O)NC[C@@H]2CCCO2)n1. The largest absolute Gasteiger partial charge is 0.481 e. The number of hydrogen-bond donors (Lipinski definition) is 1. The summed E-state index contributed by atoms with van der Waals surface area (Å²) < 4.78 is 16.1. The number of carbonyl (C=O) groups is 1. The second-order valence-electron chi connectivity index (χ2n) is 6.69. The van der Waals surface area contributed by atoms with Crippen LogP contribution in [0, 0.1) is 5.92 Å². The van der Waals surface area contributed by atoms with Gasteiger partial charge in [-0.15, -0.1) is 0 Å². The predicted octanol–water partition coefficient (Wildman–Crippen LogP) is 2.06. The second-order valence-corrected chi connectivity index (χ2v) is 6.69. The van der Waals surface area contributed by atoms with Crippen LogP contribution in [0.2, 0.25) is 0 Å². The molecule has 3 atom stereocenters. The van der Waals surface area contributed by atoms with E-state index in [4.69, 9.17) is 14.2 Å². The molecule has 0 radical (unpaired) electrons. The van der Waals surface area contributed by atoms with Gasteiger partial charge >= 0.3 is 0 Å². The lowest BCUT2D eigenvalue weighted by atomic mass is 9.78. The third-order valence-electron chi connectivity index (χ3n) is 5.08. The Morgan fingerprint density at radius 1 is 1.16 bits per heavy atom. The van der Waals surface area contributed by atoms with Crippen molar-refractivity contribution in [3.05, 3.63) is 11.9 Å². The first-order chi connectivity index (χ1) is 12.2. The maximum Gasteiger partial charge on any atom is 0.223 e. The van der Waals surface area contributed by atoms with Gasteiger partial charge in [-0.3, -0.25) is 4.79 Å². The van der Waals surface area contributed by atoms with Crippen molar-refractivity contribution in [2.75, 3.05) is 27.4 Å². The van der Waals surface area contributed by atoms with Gasteiger partial charge in [-0.2, -0.15) is 9.97 Å². The molecule has 0 unspecified atom stereocenters. The summed E-state index contributed by atoms with van der Waals surface area (Å²) in [4.78, 5) is 21.7. The van der Waals surface area contributed by atoms with E-state index in [2.05, 4.69) is 15.3 Å². The van der Waals surface area contributed by atoms with Gasteiger partial charge < -0.3 is 19.5 Å². The van der Waals surface area contributed by atoms with Crippen molar-refractivity contribution in [3.63, 3.8) is 0 Å². The van der Waals surface area contributed by atoms with Crippen LogP contribution < -0.4 is 14.8 Å². The van der Waals surface area contributed by atoms with Crippen LogP contribution >= 0.6 is 0 Å². The third kappa shape index (κ3) is 4.39. The summed E-state index contributed by atoms with van der Waals surface area (Å²) in [6.07, 6.45) is 6.12. The van der Waals surface area contributed by atoms with E-state index in [1.807, 2.05) is 0 Å². The van der Waals surface area contributed by atoms with E-state index < -0.39 is 0 Å². The minimum atomic E-state index is -0.119. The molecule has 1 aromatic rings. The molecule has 7 heteroatoms. The Morgan fingerprint density at radius 3 is 2.52 bits per heavy atom. The van der Waals surface area contributed by atoms with E-state index >= 15 is 0 Å². The van der Waals surface area contributed by atoms with Crippen molar-refractivity contribution in [1.82, 2.24) is 15.3 Å². The molecule has 0 spiro atoms. The molecule has 1 aliphatic carbocycles. The quantitative estimate of drug-likeness (QED) is 0.846. The Morgan fingerprint density at radius 2 is 1.88 bits per heavy atom. The van der Waals surface area contributed by atoms with Crippen molar-refractivity contribution in [2.45, 2.75) is 50.5 Å². The molecule has 3 rings (SSSR count). The van der Waals surface area contributed by atoms with E-state index in [1.165, 1.54) is 0 Å². The first-order valence-electron chi connectivity index (χ1n) is 9.07. The number of ether oxygens (including phenoxy) is 3. The standard InChI is InChI=1S/C18H27N3O4/c1-23-15-10-16(24-2)21-17(20-15)13-7-3-4-8-14(13)18(22)19-11-12-6-5-9-25-12/h10,12-14H,3-9,11H2,1-2H3,(H,19,22)/t12-,13+,14-/m0/s1. The number of hydrogen-bond acceptors (Lipinski definition) is 6. The molecule has 2 aliphatic rings. The summed E-state index contributed by atoms with van der Waals surface area (Å²) in [6, 6.07) is 1.65. The van der Waals surface area contributed by atoms with Gasteiger partial charge in [0.1, 0.15) is 5.82 Å². The molecule has 1 aromatic heterocycles. The Kier molecular flexibility index (Phi) is 6.07. The fourth-order valence-electron chi connectivity index (χ4n) is 3.70. The van der Waals surface area contributed by atoms with Crippen LogP contribution in [-0.4, -0.2) is 49.4 Å². The molecule has 2 fully saturated rings. The Labute approximate surface area is 148 Å². The van der Waals surface area contributed by atoms with Gasteiger partial charge in [-0.05, 0) is 25.7 Å². The van der Waals surface area contributed by atoms with Gasteiger partial charge in [-0.25, -0.2) is 0 Å². The highest BCUT2D eigenvalue weighted by molar-refractivity contribution is 5.79. The van der Waals surface area contributed by atoms with Crippen LogP contribution in [0.4, 0.5) is 0 Å². The van der Waals surface area contributed by atoms with Crippen LogP contribution in [0.1, 0.15) is 50.3 Å². The zero-order valence-electron chi connectivity index (χ0n) is 15.0. The molecule has 0 aromatic carbocycles. The molecule has 138 valence electrons. The van der Waals surface area contributed by atoms with Gasteiger partial charge in [0, 0.05) is 25.0 Å². The highest BCUT2D eigenvalue weighted by Gasteiger charge is 2.34. The molecule has 0 bridgehead atoms. The molecule has 1 aliphatic heterocycles. The third-order valence-corrected chi connectivity index (χ3v) is 5.08. The smallest absolute Gasteiger partial charge is 0.223 e. The fourth-order valence-corrected chi connectivity index (χ4v) is 3.70. The monoisotopic (exact) mass is 349 g/mol. The predicted molar refractivity (Wildman–Crippen MR) is 91.8 cm³/mol. The number of carbonyl (C=O) groups excluding carboxylic acids is 1. The van der Waals surface area contributed by atoms with Crippen LogP contribution in [0.5, 0.6) is 11.8 Å². The number of aromatic nitrogens is 2. The van der Waals surface area contributed by atoms with Crippen molar-refractivity contribution in [1.29, 1.82) is 0 Å². The lowest BCUT2D eigenvalue weighted by Crippen LogP contribution is -2.39. The summed E-state index contributed by atoms with van der Waals surface area (Å²) in [5.41, 5.74) is 0.